The number of carbonyl (C=O) groups excluding carboxylic acids is 1. The Hall–Kier alpha value is -1.86. The Bertz CT molecular complexity index is 544. The fourth-order valence-electron chi connectivity index (χ4n) is 3.36. The summed E-state index contributed by atoms with van der Waals surface area (Å²) >= 11 is 0. The third-order valence-electron chi connectivity index (χ3n) is 4.61. The highest BCUT2D eigenvalue weighted by Gasteiger charge is 2.45. The van der Waals surface area contributed by atoms with Crippen molar-refractivity contribution in [1.29, 1.82) is 5.26 Å². The molecule has 1 aliphatic carbocycles. The lowest BCUT2D eigenvalue weighted by Crippen LogP contribution is -2.48. The van der Waals surface area contributed by atoms with Crippen molar-refractivity contribution in [3.63, 3.8) is 0 Å². The van der Waals surface area contributed by atoms with E-state index in [9.17, 15) is 10.1 Å². The molecule has 2 fully saturated rings. The Morgan fingerprint density at radius 2 is 2.00 bits per heavy atom. The highest BCUT2D eigenvalue weighted by molar-refractivity contribution is 5.86. The van der Waals surface area contributed by atoms with Crippen LogP contribution in [0.5, 0.6) is 0 Å². The normalized spacial score (nSPS) is 24.5. The lowest BCUT2D eigenvalue weighted by molar-refractivity contribution is -0.146. The third kappa shape index (κ3) is 2.66. The number of nitrogens with zero attached hydrogens (tertiary/aromatic N) is 2. The first kappa shape index (κ1) is 14.1. The van der Waals surface area contributed by atoms with Gasteiger partial charge in [-0.15, -0.1) is 0 Å². The summed E-state index contributed by atoms with van der Waals surface area (Å²) in [5.41, 5.74) is 0.311. The molecular formula is C17H20N2O2. The van der Waals surface area contributed by atoms with Gasteiger partial charge in [-0.2, -0.15) is 5.26 Å². The predicted octanol–water partition coefficient (Wildman–Crippen LogP) is 2.67. The van der Waals surface area contributed by atoms with Crippen LogP contribution >= 0.6 is 0 Å². The molecule has 3 rings (SSSR count). The molecule has 0 N–H and O–H groups in total. The van der Waals surface area contributed by atoms with Gasteiger partial charge >= 0.3 is 0 Å². The summed E-state index contributed by atoms with van der Waals surface area (Å²) in [4.78, 5) is 14.6. The monoisotopic (exact) mass is 284 g/mol. The van der Waals surface area contributed by atoms with E-state index in [4.69, 9.17) is 4.74 Å². The lowest BCUT2D eigenvalue weighted by atomic mass is 9.86. The SMILES string of the molecule is N#CC1(C(=O)N2CCO[C@@H](c3ccccc3)C2)CCCC1. The molecule has 0 bridgehead atoms. The molecule has 1 saturated carbocycles. The van der Waals surface area contributed by atoms with Crippen molar-refractivity contribution in [2.75, 3.05) is 19.7 Å². The molecule has 1 aromatic rings. The largest absolute Gasteiger partial charge is 0.370 e. The molecule has 1 heterocycles. The van der Waals surface area contributed by atoms with Crippen molar-refractivity contribution in [2.24, 2.45) is 5.41 Å². The molecule has 0 radical (unpaired) electrons. The summed E-state index contributed by atoms with van der Waals surface area (Å²) in [5.74, 6) is 0.00623. The Morgan fingerprint density at radius 3 is 2.67 bits per heavy atom. The minimum Gasteiger partial charge on any atom is -0.370 e. The van der Waals surface area contributed by atoms with Crippen LogP contribution < -0.4 is 0 Å². The maximum Gasteiger partial charge on any atom is 0.243 e. The van der Waals surface area contributed by atoms with Gasteiger partial charge in [0.15, 0.2) is 0 Å². The molecule has 21 heavy (non-hydrogen) atoms. The van der Waals surface area contributed by atoms with Crippen LogP contribution in [0.25, 0.3) is 0 Å². The number of nitriles is 1. The first-order valence-corrected chi connectivity index (χ1v) is 7.62. The van der Waals surface area contributed by atoms with Gasteiger partial charge in [0, 0.05) is 6.54 Å². The zero-order chi connectivity index (χ0) is 14.7. The van der Waals surface area contributed by atoms with E-state index in [0.717, 1.165) is 18.4 Å². The van der Waals surface area contributed by atoms with E-state index < -0.39 is 5.41 Å². The molecule has 1 atom stereocenters. The minimum atomic E-state index is -0.779. The van der Waals surface area contributed by atoms with Gasteiger partial charge in [-0.1, -0.05) is 43.2 Å². The van der Waals surface area contributed by atoms with E-state index in [1.54, 1.807) is 0 Å². The summed E-state index contributed by atoms with van der Waals surface area (Å²) < 4.78 is 5.80. The summed E-state index contributed by atoms with van der Waals surface area (Å²) in [6.07, 6.45) is 3.28. The van der Waals surface area contributed by atoms with Gasteiger partial charge in [-0.3, -0.25) is 4.79 Å². The van der Waals surface area contributed by atoms with Crippen molar-refractivity contribution in [3.8, 4) is 6.07 Å². The minimum absolute atomic E-state index is 0.00623. The van der Waals surface area contributed by atoms with Crippen molar-refractivity contribution in [2.45, 2.75) is 31.8 Å². The van der Waals surface area contributed by atoms with E-state index in [1.165, 1.54) is 0 Å². The van der Waals surface area contributed by atoms with E-state index in [-0.39, 0.29) is 12.0 Å². The molecule has 0 unspecified atom stereocenters. The number of rotatable bonds is 2. The predicted molar refractivity (Wildman–Crippen MR) is 78.2 cm³/mol. The van der Waals surface area contributed by atoms with Gasteiger partial charge < -0.3 is 9.64 Å². The van der Waals surface area contributed by atoms with Gasteiger partial charge in [0.1, 0.15) is 11.5 Å². The standard InChI is InChI=1S/C17H20N2O2/c18-13-17(8-4-5-9-17)16(20)19-10-11-21-15(12-19)14-6-2-1-3-7-14/h1-3,6-7,15H,4-5,8-12H2/t15-/m1/s1. The Morgan fingerprint density at radius 1 is 1.29 bits per heavy atom. The number of hydrogen-bond acceptors (Lipinski definition) is 3. The average molecular weight is 284 g/mol. The van der Waals surface area contributed by atoms with Crippen LogP contribution in [0.2, 0.25) is 0 Å². The van der Waals surface area contributed by atoms with Crippen LogP contribution in [-0.4, -0.2) is 30.5 Å². The van der Waals surface area contributed by atoms with Gasteiger partial charge in [0.05, 0.1) is 19.2 Å². The summed E-state index contributed by atoms with van der Waals surface area (Å²) in [7, 11) is 0. The number of amides is 1. The van der Waals surface area contributed by atoms with Crippen molar-refractivity contribution in [3.05, 3.63) is 35.9 Å². The van der Waals surface area contributed by atoms with E-state index in [1.807, 2.05) is 35.2 Å². The second kappa shape index (κ2) is 5.87. The molecule has 110 valence electrons. The summed E-state index contributed by atoms with van der Waals surface area (Å²) in [6.45, 7) is 1.67. The number of hydrogen-bond donors (Lipinski definition) is 0. The Kier molecular flexibility index (Phi) is 3.94. The molecule has 4 heteroatoms. The van der Waals surface area contributed by atoms with Gasteiger partial charge in [-0.05, 0) is 18.4 Å². The van der Waals surface area contributed by atoms with Crippen LogP contribution in [0.3, 0.4) is 0 Å². The Balaban J connectivity index is 1.74. The van der Waals surface area contributed by atoms with Crippen molar-refractivity contribution in [1.82, 2.24) is 4.90 Å². The number of carbonyl (C=O) groups is 1. The molecule has 0 aromatic heterocycles. The van der Waals surface area contributed by atoms with E-state index >= 15 is 0 Å². The average Bonchev–Trinajstić information content (AvgIpc) is 3.05. The van der Waals surface area contributed by atoms with Crippen molar-refractivity contribution >= 4 is 5.91 Å². The van der Waals surface area contributed by atoms with Crippen LogP contribution in [0.15, 0.2) is 30.3 Å². The Labute approximate surface area is 125 Å². The molecule has 0 spiro atoms. The van der Waals surface area contributed by atoms with Crippen LogP contribution in [-0.2, 0) is 9.53 Å². The molecular weight excluding hydrogens is 264 g/mol. The lowest BCUT2D eigenvalue weighted by Gasteiger charge is -2.36. The van der Waals surface area contributed by atoms with E-state index in [2.05, 4.69) is 6.07 Å². The van der Waals surface area contributed by atoms with Gasteiger partial charge in [-0.25, -0.2) is 0 Å². The highest BCUT2D eigenvalue weighted by atomic mass is 16.5. The number of morpholine rings is 1. The third-order valence-corrected chi connectivity index (χ3v) is 4.61. The fraction of sp³-hybridized carbons (Fsp3) is 0.529. The summed E-state index contributed by atoms with van der Waals surface area (Å²) in [6, 6.07) is 12.3. The first-order chi connectivity index (χ1) is 10.2. The molecule has 1 saturated heterocycles. The van der Waals surface area contributed by atoms with Crippen LogP contribution in [0, 0.1) is 16.7 Å². The quantitative estimate of drug-likeness (QED) is 0.839. The van der Waals surface area contributed by atoms with Crippen LogP contribution in [0.1, 0.15) is 37.4 Å². The smallest absolute Gasteiger partial charge is 0.243 e. The second-order valence-electron chi connectivity index (χ2n) is 5.92. The van der Waals surface area contributed by atoms with E-state index in [0.29, 0.717) is 32.5 Å². The fourth-order valence-corrected chi connectivity index (χ4v) is 3.36. The molecule has 4 nitrogen and oxygen atoms in total. The van der Waals surface area contributed by atoms with Crippen LogP contribution in [0.4, 0.5) is 0 Å². The molecule has 2 aliphatic rings. The van der Waals surface area contributed by atoms with Crippen molar-refractivity contribution < 1.29 is 9.53 Å². The maximum atomic E-state index is 12.8. The van der Waals surface area contributed by atoms with Gasteiger partial charge in [0.25, 0.3) is 0 Å². The maximum absolute atomic E-state index is 12.8. The molecule has 1 aromatic carbocycles. The zero-order valence-electron chi connectivity index (χ0n) is 12.1. The second-order valence-corrected chi connectivity index (χ2v) is 5.92. The zero-order valence-corrected chi connectivity index (χ0v) is 12.1. The number of benzene rings is 1. The molecule has 1 amide bonds. The molecule has 1 aliphatic heterocycles. The first-order valence-electron chi connectivity index (χ1n) is 7.62. The topological polar surface area (TPSA) is 53.3 Å². The number of ether oxygens (including phenoxy) is 1. The summed E-state index contributed by atoms with van der Waals surface area (Å²) in [5, 5.41) is 9.47. The van der Waals surface area contributed by atoms with Gasteiger partial charge in [0.2, 0.25) is 5.91 Å². The highest BCUT2D eigenvalue weighted by Crippen LogP contribution is 2.40.